The summed E-state index contributed by atoms with van der Waals surface area (Å²) in [4.78, 5) is 22.5. The maximum Gasteiger partial charge on any atom is 0.249 e. The first-order chi connectivity index (χ1) is 8.59. The Bertz CT molecular complexity index is 600. The summed E-state index contributed by atoms with van der Waals surface area (Å²) in [6.07, 6.45) is 0. The van der Waals surface area contributed by atoms with Gasteiger partial charge in [-0.2, -0.15) is 0 Å². The quantitative estimate of drug-likeness (QED) is 0.837. The standard InChI is InChI=1S/C15H13NO2/c1-10(17)11-6-8-12(9-7-11)13-4-2-3-5-14(13)15(16)18/h2-9H,1H3,(H2,16,18). The topological polar surface area (TPSA) is 60.2 Å². The molecule has 0 aliphatic rings. The zero-order valence-corrected chi connectivity index (χ0v) is 10.0. The zero-order chi connectivity index (χ0) is 13.1. The van der Waals surface area contributed by atoms with Crippen LogP contribution in [0.25, 0.3) is 11.1 Å². The highest BCUT2D eigenvalue weighted by Gasteiger charge is 2.09. The molecule has 0 aliphatic carbocycles. The third-order valence-corrected chi connectivity index (χ3v) is 2.79. The van der Waals surface area contributed by atoms with Gasteiger partial charge in [0.05, 0.1) is 0 Å². The van der Waals surface area contributed by atoms with E-state index >= 15 is 0 Å². The van der Waals surface area contributed by atoms with Crippen molar-refractivity contribution in [1.82, 2.24) is 0 Å². The van der Waals surface area contributed by atoms with Crippen LogP contribution in [0.1, 0.15) is 27.6 Å². The lowest BCUT2D eigenvalue weighted by atomic mass is 9.98. The van der Waals surface area contributed by atoms with Crippen LogP contribution in [0.3, 0.4) is 0 Å². The molecule has 0 unspecified atom stereocenters. The summed E-state index contributed by atoms with van der Waals surface area (Å²) in [5.41, 5.74) is 8.11. The van der Waals surface area contributed by atoms with Crippen molar-refractivity contribution in [1.29, 1.82) is 0 Å². The molecule has 2 aromatic carbocycles. The number of amides is 1. The molecule has 0 aromatic heterocycles. The van der Waals surface area contributed by atoms with Crippen molar-refractivity contribution >= 4 is 11.7 Å². The SMILES string of the molecule is CC(=O)c1ccc(-c2ccccc2C(N)=O)cc1. The van der Waals surface area contributed by atoms with E-state index in [-0.39, 0.29) is 5.78 Å². The highest BCUT2D eigenvalue weighted by Crippen LogP contribution is 2.23. The third kappa shape index (κ3) is 2.30. The molecule has 18 heavy (non-hydrogen) atoms. The maximum absolute atomic E-state index is 11.3. The monoisotopic (exact) mass is 239 g/mol. The van der Waals surface area contributed by atoms with Gasteiger partial charge in [-0.1, -0.05) is 42.5 Å². The van der Waals surface area contributed by atoms with Gasteiger partial charge in [-0.15, -0.1) is 0 Å². The molecular formula is C15H13NO2. The van der Waals surface area contributed by atoms with Crippen LogP contribution in [0.4, 0.5) is 0 Å². The van der Waals surface area contributed by atoms with E-state index in [2.05, 4.69) is 0 Å². The van der Waals surface area contributed by atoms with E-state index in [1.54, 1.807) is 24.3 Å². The lowest BCUT2D eigenvalue weighted by Gasteiger charge is -2.07. The van der Waals surface area contributed by atoms with Crippen LogP contribution in [0.15, 0.2) is 48.5 Å². The number of primary amides is 1. The van der Waals surface area contributed by atoms with E-state index in [1.807, 2.05) is 24.3 Å². The molecule has 0 saturated heterocycles. The first-order valence-corrected chi connectivity index (χ1v) is 5.60. The molecule has 1 amide bonds. The number of hydrogen-bond acceptors (Lipinski definition) is 2. The number of rotatable bonds is 3. The number of benzene rings is 2. The van der Waals surface area contributed by atoms with Crippen molar-refractivity contribution < 1.29 is 9.59 Å². The van der Waals surface area contributed by atoms with E-state index in [9.17, 15) is 9.59 Å². The van der Waals surface area contributed by atoms with Gasteiger partial charge in [0.1, 0.15) is 0 Å². The fourth-order valence-corrected chi connectivity index (χ4v) is 1.83. The van der Waals surface area contributed by atoms with Gasteiger partial charge in [0.2, 0.25) is 5.91 Å². The molecule has 2 N–H and O–H groups in total. The van der Waals surface area contributed by atoms with Crippen LogP contribution in [-0.2, 0) is 0 Å². The number of ketones is 1. The Balaban J connectivity index is 2.49. The first kappa shape index (κ1) is 12.0. The van der Waals surface area contributed by atoms with Crippen LogP contribution in [0, 0.1) is 0 Å². The Morgan fingerprint density at radius 3 is 2.11 bits per heavy atom. The van der Waals surface area contributed by atoms with E-state index < -0.39 is 5.91 Å². The van der Waals surface area contributed by atoms with Gasteiger partial charge in [0.25, 0.3) is 0 Å². The molecule has 3 nitrogen and oxygen atoms in total. The molecule has 0 fully saturated rings. The second-order valence-electron chi connectivity index (χ2n) is 4.04. The van der Waals surface area contributed by atoms with Crippen molar-refractivity contribution in [2.45, 2.75) is 6.92 Å². The fraction of sp³-hybridized carbons (Fsp3) is 0.0667. The van der Waals surface area contributed by atoms with Crippen molar-refractivity contribution in [3.05, 3.63) is 59.7 Å². The van der Waals surface area contributed by atoms with Crippen molar-refractivity contribution in [3.63, 3.8) is 0 Å². The highest BCUT2D eigenvalue weighted by atomic mass is 16.1. The summed E-state index contributed by atoms with van der Waals surface area (Å²) >= 11 is 0. The average Bonchev–Trinajstić information content (AvgIpc) is 2.39. The minimum Gasteiger partial charge on any atom is -0.366 e. The van der Waals surface area contributed by atoms with E-state index in [1.165, 1.54) is 6.92 Å². The number of Topliss-reactive ketones (excluding diaryl/α,β-unsaturated/α-hetero) is 1. The largest absolute Gasteiger partial charge is 0.366 e. The van der Waals surface area contributed by atoms with Gasteiger partial charge >= 0.3 is 0 Å². The van der Waals surface area contributed by atoms with Gasteiger partial charge in [-0.25, -0.2) is 0 Å². The number of carbonyl (C=O) groups is 2. The molecule has 0 spiro atoms. The predicted molar refractivity (Wildman–Crippen MR) is 70.4 cm³/mol. The lowest BCUT2D eigenvalue weighted by molar-refractivity contribution is 0.0996. The van der Waals surface area contributed by atoms with Crippen LogP contribution in [0.2, 0.25) is 0 Å². The molecule has 90 valence electrons. The van der Waals surface area contributed by atoms with Crippen molar-refractivity contribution in [2.24, 2.45) is 5.73 Å². The molecule has 0 radical (unpaired) electrons. The Labute approximate surface area is 105 Å². The molecule has 2 aromatic rings. The minimum atomic E-state index is -0.457. The first-order valence-electron chi connectivity index (χ1n) is 5.60. The van der Waals surface area contributed by atoms with Gasteiger partial charge in [-0.3, -0.25) is 9.59 Å². The van der Waals surface area contributed by atoms with Crippen molar-refractivity contribution in [3.8, 4) is 11.1 Å². The second-order valence-corrected chi connectivity index (χ2v) is 4.04. The molecule has 2 rings (SSSR count). The molecule has 0 aliphatic heterocycles. The highest BCUT2D eigenvalue weighted by molar-refractivity contribution is 6.00. The lowest BCUT2D eigenvalue weighted by Crippen LogP contribution is -2.12. The summed E-state index contributed by atoms with van der Waals surface area (Å²) in [5.74, 6) is -0.439. The Morgan fingerprint density at radius 1 is 0.944 bits per heavy atom. The Morgan fingerprint density at radius 2 is 1.56 bits per heavy atom. The van der Waals surface area contributed by atoms with Gasteiger partial charge in [-0.05, 0) is 24.1 Å². The van der Waals surface area contributed by atoms with Crippen LogP contribution in [0.5, 0.6) is 0 Å². The maximum atomic E-state index is 11.3. The van der Waals surface area contributed by atoms with Gasteiger partial charge in [0.15, 0.2) is 5.78 Å². The molecule has 3 heteroatoms. The summed E-state index contributed by atoms with van der Waals surface area (Å²) in [6.45, 7) is 1.52. The van der Waals surface area contributed by atoms with Gasteiger partial charge < -0.3 is 5.73 Å². The number of carbonyl (C=O) groups excluding carboxylic acids is 2. The summed E-state index contributed by atoms with van der Waals surface area (Å²) < 4.78 is 0. The molecule has 0 atom stereocenters. The van der Waals surface area contributed by atoms with E-state index in [0.717, 1.165) is 11.1 Å². The molecule has 0 heterocycles. The van der Waals surface area contributed by atoms with Gasteiger partial charge in [0, 0.05) is 11.1 Å². The molecule has 0 saturated carbocycles. The molecular weight excluding hydrogens is 226 g/mol. The Hall–Kier alpha value is -2.42. The Kier molecular flexibility index (Phi) is 3.24. The van der Waals surface area contributed by atoms with Crippen LogP contribution < -0.4 is 5.73 Å². The zero-order valence-electron chi connectivity index (χ0n) is 10.0. The molecule has 0 bridgehead atoms. The number of nitrogens with two attached hydrogens (primary N) is 1. The van der Waals surface area contributed by atoms with E-state index in [4.69, 9.17) is 5.73 Å². The van der Waals surface area contributed by atoms with Crippen LogP contribution >= 0.6 is 0 Å². The predicted octanol–water partition coefficient (Wildman–Crippen LogP) is 2.66. The average molecular weight is 239 g/mol. The minimum absolute atomic E-state index is 0.0183. The smallest absolute Gasteiger partial charge is 0.249 e. The summed E-state index contributed by atoms with van der Waals surface area (Å²) in [5, 5.41) is 0. The van der Waals surface area contributed by atoms with E-state index in [0.29, 0.717) is 11.1 Å². The summed E-state index contributed by atoms with van der Waals surface area (Å²) in [6, 6.07) is 14.3. The van der Waals surface area contributed by atoms with Crippen molar-refractivity contribution in [2.75, 3.05) is 0 Å². The summed E-state index contributed by atoms with van der Waals surface area (Å²) in [7, 11) is 0. The third-order valence-electron chi connectivity index (χ3n) is 2.79. The number of hydrogen-bond donors (Lipinski definition) is 1. The van der Waals surface area contributed by atoms with Crippen LogP contribution in [-0.4, -0.2) is 11.7 Å². The second kappa shape index (κ2) is 4.84. The normalized spacial score (nSPS) is 10.1. The fourth-order valence-electron chi connectivity index (χ4n) is 1.83.